The molecule has 0 bridgehead atoms. The first-order valence-electron chi connectivity index (χ1n) is 8.04. The maximum absolute atomic E-state index is 5.58. The molecule has 0 saturated carbocycles. The van der Waals surface area contributed by atoms with Crippen LogP contribution in [0.2, 0.25) is 0 Å². The van der Waals surface area contributed by atoms with Crippen LogP contribution in [0.25, 0.3) is 0 Å². The molecule has 0 amide bonds. The van der Waals surface area contributed by atoms with Gasteiger partial charge < -0.3 is 15.1 Å². The monoisotopic (exact) mass is 435 g/mol. The van der Waals surface area contributed by atoms with E-state index in [4.69, 9.17) is 4.42 Å². The Morgan fingerprint density at radius 2 is 2.09 bits per heavy atom. The number of halogens is 1. The number of aryl methyl sites for hydroxylation is 2. The van der Waals surface area contributed by atoms with E-state index >= 15 is 0 Å². The lowest BCUT2D eigenvalue weighted by molar-refractivity contribution is 0.265. The molecule has 1 saturated heterocycles. The molecule has 2 N–H and O–H groups in total. The molecule has 0 radical (unpaired) electrons. The van der Waals surface area contributed by atoms with Gasteiger partial charge in [0.05, 0.1) is 12.2 Å². The van der Waals surface area contributed by atoms with Crippen LogP contribution in [-0.2, 0) is 6.54 Å². The maximum atomic E-state index is 5.58. The quantitative estimate of drug-likeness (QED) is 0.432. The SMILES string of the molecule is CN=C(NCc1nc(C)c(C)o1)NC1CN(C(C)C)CC1C.I. The van der Waals surface area contributed by atoms with Crippen molar-refractivity contribution >= 4 is 29.9 Å². The highest BCUT2D eigenvalue weighted by molar-refractivity contribution is 14.0. The van der Waals surface area contributed by atoms with Crippen molar-refractivity contribution in [2.24, 2.45) is 10.9 Å². The Morgan fingerprint density at radius 3 is 2.57 bits per heavy atom. The van der Waals surface area contributed by atoms with Gasteiger partial charge in [-0.2, -0.15) is 0 Å². The summed E-state index contributed by atoms with van der Waals surface area (Å²) in [5.41, 5.74) is 0.941. The van der Waals surface area contributed by atoms with Gasteiger partial charge in [0, 0.05) is 32.2 Å². The Hall–Kier alpha value is -0.830. The van der Waals surface area contributed by atoms with Crippen LogP contribution in [0, 0.1) is 19.8 Å². The number of aromatic nitrogens is 1. The zero-order valence-corrected chi connectivity index (χ0v) is 17.3. The average Bonchev–Trinajstić information content (AvgIpc) is 2.98. The van der Waals surface area contributed by atoms with Crippen LogP contribution in [0.15, 0.2) is 9.41 Å². The van der Waals surface area contributed by atoms with Crippen molar-refractivity contribution < 1.29 is 4.42 Å². The van der Waals surface area contributed by atoms with E-state index < -0.39 is 0 Å². The molecule has 2 unspecified atom stereocenters. The fourth-order valence-electron chi connectivity index (χ4n) is 2.76. The molecule has 1 aromatic rings. The lowest BCUT2D eigenvalue weighted by atomic mass is 10.1. The number of rotatable bonds is 4. The molecule has 6 nitrogen and oxygen atoms in total. The number of oxazole rings is 1. The van der Waals surface area contributed by atoms with Gasteiger partial charge in [-0.3, -0.25) is 9.89 Å². The third-order valence-corrected chi connectivity index (χ3v) is 4.40. The topological polar surface area (TPSA) is 65.7 Å². The van der Waals surface area contributed by atoms with Gasteiger partial charge in [-0.1, -0.05) is 6.92 Å². The van der Waals surface area contributed by atoms with Crippen LogP contribution in [0.1, 0.15) is 38.1 Å². The highest BCUT2D eigenvalue weighted by Crippen LogP contribution is 2.18. The fraction of sp³-hybridized carbons (Fsp3) is 0.750. The summed E-state index contributed by atoms with van der Waals surface area (Å²) in [6.45, 7) is 13.4. The predicted octanol–water partition coefficient (Wildman–Crippen LogP) is 2.30. The molecule has 23 heavy (non-hydrogen) atoms. The normalized spacial score (nSPS) is 22.3. The summed E-state index contributed by atoms with van der Waals surface area (Å²) in [4.78, 5) is 11.2. The number of aliphatic imine (C=N–C) groups is 1. The summed E-state index contributed by atoms with van der Waals surface area (Å²) in [6, 6.07) is 1.00. The van der Waals surface area contributed by atoms with Crippen LogP contribution in [0.3, 0.4) is 0 Å². The van der Waals surface area contributed by atoms with Gasteiger partial charge in [-0.05, 0) is 33.6 Å². The largest absolute Gasteiger partial charge is 0.444 e. The lowest BCUT2D eigenvalue weighted by Crippen LogP contribution is -2.46. The van der Waals surface area contributed by atoms with Crippen LogP contribution < -0.4 is 10.6 Å². The molecule has 0 aliphatic carbocycles. The first kappa shape index (κ1) is 20.2. The van der Waals surface area contributed by atoms with Gasteiger partial charge in [-0.15, -0.1) is 24.0 Å². The van der Waals surface area contributed by atoms with E-state index in [-0.39, 0.29) is 24.0 Å². The third-order valence-electron chi connectivity index (χ3n) is 4.40. The van der Waals surface area contributed by atoms with Crippen molar-refractivity contribution in [3.8, 4) is 0 Å². The molecule has 2 rings (SSSR count). The molecule has 7 heteroatoms. The van der Waals surface area contributed by atoms with Gasteiger partial charge in [0.2, 0.25) is 5.89 Å². The summed E-state index contributed by atoms with van der Waals surface area (Å²) in [6.07, 6.45) is 0. The zero-order chi connectivity index (χ0) is 16.3. The number of guanidine groups is 1. The van der Waals surface area contributed by atoms with E-state index in [0.29, 0.717) is 30.4 Å². The minimum atomic E-state index is 0. The summed E-state index contributed by atoms with van der Waals surface area (Å²) in [5.74, 6) is 2.97. The highest BCUT2D eigenvalue weighted by Gasteiger charge is 2.31. The summed E-state index contributed by atoms with van der Waals surface area (Å²) in [7, 11) is 1.79. The molecule has 1 aromatic heterocycles. The van der Waals surface area contributed by atoms with Gasteiger partial charge in [0.25, 0.3) is 0 Å². The number of nitrogens with one attached hydrogen (secondary N) is 2. The van der Waals surface area contributed by atoms with Crippen molar-refractivity contribution in [2.45, 2.75) is 53.2 Å². The second-order valence-corrected chi connectivity index (χ2v) is 6.45. The van der Waals surface area contributed by atoms with Gasteiger partial charge >= 0.3 is 0 Å². The Bertz CT molecular complexity index is 509. The minimum Gasteiger partial charge on any atom is -0.444 e. The van der Waals surface area contributed by atoms with Crippen LogP contribution in [-0.4, -0.2) is 48.1 Å². The van der Waals surface area contributed by atoms with E-state index in [1.807, 2.05) is 13.8 Å². The van der Waals surface area contributed by atoms with Gasteiger partial charge in [-0.25, -0.2) is 4.98 Å². The first-order valence-corrected chi connectivity index (χ1v) is 8.04. The van der Waals surface area contributed by atoms with E-state index in [2.05, 4.69) is 46.3 Å². The standard InChI is InChI=1S/C16H29N5O.HI/c1-10(2)21-8-11(3)14(9-21)20-16(17-6)18-7-15-19-12(4)13(5)22-15;/h10-11,14H,7-9H2,1-6H3,(H2,17,18,20);1H. The molecule has 1 aliphatic heterocycles. The lowest BCUT2D eigenvalue weighted by Gasteiger charge is -2.21. The average molecular weight is 435 g/mol. The number of hydrogen-bond donors (Lipinski definition) is 2. The Morgan fingerprint density at radius 1 is 1.39 bits per heavy atom. The third kappa shape index (κ3) is 5.34. The van der Waals surface area contributed by atoms with Crippen molar-refractivity contribution in [3.05, 3.63) is 17.3 Å². The molecule has 1 aliphatic rings. The minimum absolute atomic E-state index is 0. The molecule has 132 valence electrons. The van der Waals surface area contributed by atoms with Gasteiger partial charge in [0.15, 0.2) is 5.96 Å². The van der Waals surface area contributed by atoms with E-state index in [1.54, 1.807) is 7.05 Å². The molecule has 0 aromatic carbocycles. The van der Waals surface area contributed by atoms with Crippen LogP contribution in [0.4, 0.5) is 0 Å². The van der Waals surface area contributed by atoms with Crippen LogP contribution in [0.5, 0.6) is 0 Å². The summed E-state index contributed by atoms with van der Waals surface area (Å²) in [5, 5.41) is 6.80. The molecular formula is C16H30IN5O. The highest BCUT2D eigenvalue weighted by atomic mass is 127. The maximum Gasteiger partial charge on any atom is 0.214 e. The van der Waals surface area contributed by atoms with E-state index in [0.717, 1.165) is 30.5 Å². The Labute approximate surface area is 156 Å². The zero-order valence-electron chi connectivity index (χ0n) is 15.0. The van der Waals surface area contributed by atoms with Crippen molar-refractivity contribution in [1.29, 1.82) is 0 Å². The van der Waals surface area contributed by atoms with Crippen molar-refractivity contribution in [1.82, 2.24) is 20.5 Å². The van der Waals surface area contributed by atoms with E-state index in [9.17, 15) is 0 Å². The fourth-order valence-corrected chi connectivity index (χ4v) is 2.76. The molecule has 1 fully saturated rings. The number of nitrogens with zero attached hydrogens (tertiary/aromatic N) is 3. The molecule has 0 spiro atoms. The summed E-state index contributed by atoms with van der Waals surface area (Å²) >= 11 is 0. The Kier molecular flexibility index (Phi) is 7.79. The Balaban J connectivity index is 0.00000264. The second-order valence-electron chi connectivity index (χ2n) is 6.45. The van der Waals surface area contributed by atoms with E-state index in [1.165, 1.54) is 0 Å². The van der Waals surface area contributed by atoms with Gasteiger partial charge in [0.1, 0.15) is 5.76 Å². The molecule has 2 atom stereocenters. The summed E-state index contributed by atoms with van der Waals surface area (Å²) < 4.78 is 5.58. The van der Waals surface area contributed by atoms with Crippen molar-refractivity contribution in [2.75, 3.05) is 20.1 Å². The van der Waals surface area contributed by atoms with Crippen molar-refractivity contribution in [3.63, 3.8) is 0 Å². The molecular weight excluding hydrogens is 405 g/mol. The smallest absolute Gasteiger partial charge is 0.214 e. The first-order chi connectivity index (χ1) is 10.4. The van der Waals surface area contributed by atoms with Crippen LogP contribution >= 0.6 is 24.0 Å². The predicted molar refractivity (Wildman–Crippen MR) is 104 cm³/mol. The number of likely N-dealkylation sites (tertiary alicyclic amines) is 1. The number of hydrogen-bond acceptors (Lipinski definition) is 4. The molecule has 2 heterocycles. The second kappa shape index (κ2) is 8.86.